The number of hydrogen-bond acceptors (Lipinski definition) is 4. The van der Waals surface area contributed by atoms with Gasteiger partial charge in [0.15, 0.2) is 11.5 Å². The molecule has 1 aliphatic heterocycles. The number of benzene rings is 2. The van der Waals surface area contributed by atoms with Gasteiger partial charge in [-0.15, -0.1) is 0 Å². The normalized spacial score (nSPS) is 12.9. The molecule has 1 heterocycles. The number of halogens is 1. The van der Waals surface area contributed by atoms with Gasteiger partial charge in [0.2, 0.25) is 5.91 Å². The smallest absolute Gasteiger partial charge is 0.246 e. The SMILES string of the molecule is CCN(Cc1cccc2c1OCCO2)C(=O)/C=C/c1cc(Br)ccc1OC. The molecule has 0 aromatic heterocycles. The molecule has 3 rings (SSSR count). The second-order valence-corrected chi connectivity index (χ2v) is 6.93. The Labute approximate surface area is 167 Å². The largest absolute Gasteiger partial charge is 0.496 e. The van der Waals surface area contributed by atoms with Crippen molar-refractivity contribution in [1.82, 2.24) is 4.90 Å². The van der Waals surface area contributed by atoms with Gasteiger partial charge in [-0.2, -0.15) is 0 Å². The van der Waals surface area contributed by atoms with Crippen LogP contribution >= 0.6 is 15.9 Å². The summed E-state index contributed by atoms with van der Waals surface area (Å²) in [6.07, 6.45) is 3.34. The Morgan fingerprint density at radius 1 is 1.26 bits per heavy atom. The highest BCUT2D eigenvalue weighted by Gasteiger charge is 2.18. The number of likely N-dealkylation sites (N-methyl/N-ethyl adjacent to an activating group) is 1. The van der Waals surface area contributed by atoms with Crippen molar-refractivity contribution < 1.29 is 19.0 Å². The minimum atomic E-state index is -0.0751. The average molecular weight is 432 g/mol. The van der Waals surface area contributed by atoms with Gasteiger partial charge < -0.3 is 19.1 Å². The lowest BCUT2D eigenvalue weighted by molar-refractivity contribution is -0.126. The summed E-state index contributed by atoms with van der Waals surface area (Å²) in [5.41, 5.74) is 1.78. The number of carbonyl (C=O) groups excluding carboxylic acids is 1. The summed E-state index contributed by atoms with van der Waals surface area (Å²) < 4.78 is 17.6. The van der Waals surface area contributed by atoms with E-state index in [2.05, 4.69) is 15.9 Å². The molecule has 2 aromatic carbocycles. The van der Waals surface area contributed by atoms with E-state index in [0.29, 0.717) is 32.1 Å². The van der Waals surface area contributed by atoms with Crippen molar-refractivity contribution >= 4 is 27.9 Å². The van der Waals surface area contributed by atoms with Crippen molar-refractivity contribution in [2.75, 3.05) is 26.9 Å². The van der Waals surface area contributed by atoms with Gasteiger partial charge >= 0.3 is 0 Å². The Bertz CT molecular complexity index is 850. The van der Waals surface area contributed by atoms with E-state index >= 15 is 0 Å². The molecule has 1 amide bonds. The van der Waals surface area contributed by atoms with Gasteiger partial charge in [0.05, 0.1) is 7.11 Å². The first-order valence-corrected chi connectivity index (χ1v) is 9.59. The second kappa shape index (κ2) is 8.95. The molecular weight excluding hydrogens is 410 g/mol. The van der Waals surface area contributed by atoms with E-state index in [1.165, 1.54) is 0 Å². The van der Waals surface area contributed by atoms with Gasteiger partial charge in [0.1, 0.15) is 19.0 Å². The minimum Gasteiger partial charge on any atom is -0.496 e. The Morgan fingerprint density at radius 3 is 2.85 bits per heavy atom. The molecule has 1 aliphatic rings. The van der Waals surface area contributed by atoms with Crippen molar-refractivity contribution in [1.29, 1.82) is 0 Å². The molecular formula is C21H22BrNO4. The van der Waals surface area contributed by atoms with E-state index in [-0.39, 0.29) is 5.91 Å². The molecule has 27 heavy (non-hydrogen) atoms. The third-order valence-electron chi connectivity index (χ3n) is 4.30. The van der Waals surface area contributed by atoms with Crippen molar-refractivity contribution in [2.45, 2.75) is 13.5 Å². The summed E-state index contributed by atoms with van der Waals surface area (Å²) in [7, 11) is 1.61. The molecule has 0 N–H and O–H groups in total. The summed E-state index contributed by atoms with van der Waals surface area (Å²) in [4.78, 5) is 14.5. The predicted molar refractivity (Wildman–Crippen MR) is 108 cm³/mol. The van der Waals surface area contributed by atoms with Crippen molar-refractivity contribution in [2.24, 2.45) is 0 Å². The molecule has 5 nitrogen and oxygen atoms in total. The number of para-hydroxylation sites is 1. The Balaban J connectivity index is 1.76. The summed E-state index contributed by atoms with van der Waals surface area (Å²) in [6, 6.07) is 11.4. The predicted octanol–water partition coefficient (Wildman–Crippen LogP) is 4.29. The number of nitrogens with zero attached hydrogens (tertiary/aromatic N) is 1. The molecule has 2 aromatic rings. The number of carbonyl (C=O) groups is 1. The van der Waals surface area contributed by atoms with Crippen LogP contribution < -0.4 is 14.2 Å². The van der Waals surface area contributed by atoms with Crippen LogP contribution in [0.25, 0.3) is 6.08 Å². The number of fused-ring (bicyclic) bond motifs is 1. The number of ether oxygens (including phenoxy) is 3. The zero-order chi connectivity index (χ0) is 19.2. The molecule has 0 radical (unpaired) electrons. The van der Waals surface area contributed by atoms with E-state index < -0.39 is 0 Å². The van der Waals surface area contributed by atoms with Gasteiger partial charge in [-0.05, 0) is 37.3 Å². The van der Waals surface area contributed by atoms with Gasteiger partial charge in [0.25, 0.3) is 0 Å². The fraction of sp³-hybridized carbons (Fsp3) is 0.286. The highest BCUT2D eigenvalue weighted by Crippen LogP contribution is 2.34. The summed E-state index contributed by atoms with van der Waals surface area (Å²) in [6.45, 7) is 4.07. The van der Waals surface area contributed by atoms with Crippen molar-refractivity contribution in [3.05, 3.63) is 58.1 Å². The maximum atomic E-state index is 12.7. The molecule has 0 aliphatic carbocycles. The molecule has 0 bridgehead atoms. The fourth-order valence-electron chi connectivity index (χ4n) is 2.91. The summed E-state index contributed by atoms with van der Waals surface area (Å²) in [5, 5.41) is 0. The van der Waals surface area contributed by atoms with Crippen LogP contribution in [-0.2, 0) is 11.3 Å². The topological polar surface area (TPSA) is 48.0 Å². The lowest BCUT2D eigenvalue weighted by Gasteiger charge is -2.24. The molecule has 6 heteroatoms. The number of rotatable bonds is 6. The fourth-order valence-corrected chi connectivity index (χ4v) is 3.29. The minimum absolute atomic E-state index is 0.0751. The molecule has 0 saturated carbocycles. The lowest BCUT2D eigenvalue weighted by Crippen LogP contribution is -2.29. The van der Waals surface area contributed by atoms with Crippen molar-refractivity contribution in [3.63, 3.8) is 0 Å². The Kier molecular flexibility index (Phi) is 6.40. The first kappa shape index (κ1) is 19.3. The van der Waals surface area contributed by atoms with Crippen molar-refractivity contribution in [3.8, 4) is 17.2 Å². The summed E-state index contributed by atoms with van der Waals surface area (Å²) in [5.74, 6) is 2.10. The van der Waals surface area contributed by atoms with Crippen LogP contribution in [0.3, 0.4) is 0 Å². The van der Waals surface area contributed by atoms with Crippen LogP contribution in [-0.4, -0.2) is 37.7 Å². The molecule has 0 atom stereocenters. The Morgan fingerprint density at radius 2 is 2.07 bits per heavy atom. The third kappa shape index (κ3) is 4.63. The van der Waals surface area contributed by atoms with E-state index in [4.69, 9.17) is 14.2 Å². The van der Waals surface area contributed by atoms with E-state index in [0.717, 1.165) is 27.1 Å². The zero-order valence-corrected chi connectivity index (χ0v) is 17.0. The molecule has 0 fully saturated rings. The van der Waals surface area contributed by atoms with E-state index in [9.17, 15) is 4.79 Å². The van der Waals surface area contributed by atoms with E-state index in [1.54, 1.807) is 24.2 Å². The van der Waals surface area contributed by atoms with Gasteiger partial charge in [-0.1, -0.05) is 28.1 Å². The first-order chi connectivity index (χ1) is 13.1. The van der Waals surface area contributed by atoms with Crippen LogP contribution in [0.5, 0.6) is 17.2 Å². The highest BCUT2D eigenvalue weighted by molar-refractivity contribution is 9.10. The number of hydrogen-bond donors (Lipinski definition) is 0. The maximum absolute atomic E-state index is 12.7. The number of amides is 1. The van der Waals surface area contributed by atoms with Crippen LogP contribution in [0.2, 0.25) is 0 Å². The van der Waals surface area contributed by atoms with Gasteiger partial charge in [-0.3, -0.25) is 4.79 Å². The second-order valence-electron chi connectivity index (χ2n) is 6.01. The summed E-state index contributed by atoms with van der Waals surface area (Å²) >= 11 is 3.44. The quantitative estimate of drug-likeness (QED) is 0.639. The standard InChI is InChI=1S/C21H22BrNO4/c1-3-23(14-16-5-4-6-19-21(16)27-12-11-26-19)20(24)10-7-15-13-17(22)8-9-18(15)25-2/h4-10,13H,3,11-12,14H2,1-2H3/b10-7+. The average Bonchev–Trinajstić information content (AvgIpc) is 2.70. The zero-order valence-electron chi connectivity index (χ0n) is 15.4. The third-order valence-corrected chi connectivity index (χ3v) is 4.79. The molecule has 0 saturated heterocycles. The molecule has 142 valence electrons. The van der Waals surface area contributed by atoms with Crippen LogP contribution in [0.1, 0.15) is 18.1 Å². The maximum Gasteiger partial charge on any atom is 0.246 e. The van der Waals surface area contributed by atoms with Crippen LogP contribution in [0, 0.1) is 0 Å². The first-order valence-electron chi connectivity index (χ1n) is 8.80. The number of methoxy groups -OCH3 is 1. The van der Waals surface area contributed by atoms with Gasteiger partial charge in [-0.25, -0.2) is 0 Å². The lowest BCUT2D eigenvalue weighted by atomic mass is 10.1. The molecule has 0 spiro atoms. The van der Waals surface area contributed by atoms with Crippen LogP contribution in [0.15, 0.2) is 46.9 Å². The Hall–Kier alpha value is -2.47. The monoisotopic (exact) mass is 431 g/mol. The van der Waals surface area contributed by atoms with Crippen LogP contribution in [0.4, 0.5) is 0 Å². The van der Waals surface area contributed by atoms with Gasteiger partial charge in [0, 0.05) is 34.8 Å². The van der Waals surface area contributed by atoms with E-state index in [1.807, 2.05) is 43.3 Å². The molecule has 0 unspecified atom stereocenters. The highest BCUT2D eigenvalue weighted by atomic mass is 79.9.